The zero-order valence-corrected chi connectivity index (χ0v) is 14.5. The van der Waals surface area contributed by atoms with Crippen LogP contribution in [0.25, 0.3) is 0 Å². The number of methoxy groups -OCH3 is 1. The SMILES string of the molecule is COCc1ccc(C(=O)NN2C(=O)NC(C)(c3ccccc3)C2=O)cc1. The summed E-state index contributed by atoms with van der Waals surface area (Å²) in [5.41, 5.74) is 3.03. The number of nitrogens with one attached hydrogen (secondary N) is 2. The number of carbonyl (C=O) groups is 3. The summed E-state index contributed by atoms with van der Waals surface area (Å²) in [6.45, 7) is 2.04. The summed E-state index contributed by atoms with van der Waals surface area (Å²) >= 11 is 0. The maximum atomic E-state index is 12.8. The lowest BCUT2D eigenvalue weighted by atomic mass is 9.92. The molecule has 0 saturated carbocycles. The molecule has 3 rings (SSSR count). The number of benzene rings is 2. The van der Waals surface area contributed by atoms with Crippen LogP contribution in [0, 0.1) is 0 Å². The fourth-order valence-electron chi connectivity index (χ4n) is 2.79. The average molecular weight is 353 g/mol. The highest BCUT2D eigenvalue weighted by Gasteiger charge is 2.50. The van der Waals surface area contributed by atoms with Gasteiger partial charge in [-0.25, -0.2) is 4.79 Å². The molecule has 2 aromatic carbocycles. The molecule has 0 bridgehead atoms. The highest BCUT2D eigenvalue weighted by Crippen LogP contribution is 2.27. The summed E-state index contributed by atoms with van der Waals surface area (Å²) in [4.78, 5) is 37.4. The van der Waals surface area contributed by atoms with Crippen LogP contribution in [-0.4, -0.2) is 30.0 Å². The van der Waals surface area contributed by atoms with E-state index < -0.39 is 23.4 Å². The Balaban J connectivity index is 1.76. The van der Waals surface area contributed by atoms with Crippen LogP contribution < -0.4 is 10.7 Å². The highest BCUT2D eigenvalue weighted by molar-refractivity contribution is 6.09. The third-order valence-electron chi connectivity index (χ3n) is 4.28. The first-order valence-electron chi connectivity index (χ1n) is 8.07. The first-order valence-corrected chi connectivity index (χ1v) is 8.07. The third-order valence-corrected chi connectivity index (χ3v) is 4.28. The summed E-state index contributed by atoms with van der Waals surface area (Å²) in [5.74, 6) is -1.09. The molecule has 2 N–H and O–H groups in total. The number of imide groups is 1. The second kappa shape index (κ2) is 6.97. The van der Waals surface area contributed by atoms with E-state index in [1.165, 1.54) is 0 Å². The van der Waals surface area contributed by atoms with Crippen molar-refractivity contribution in [3.8, 4) is 0 Å². The van der Waals surface area contributed by atoms with E-state index in [4.69, 9.17) is 4.74 Å². The van der Waals surface area contributed by atoms with Gasteiger partial charge in [-0.2, -0.15) is 5.01 Å². The van der Waals surface area contributed by atoms with Gasteiger partial charge < -0.3 is 10.1 Å². The van der Waals surface area contributed by atoms with E-state index >= 15 is 0 Å². The molecule has 1 aliphatic heterocycles. The first kappa shape index (κ1) is 17.6. The zero-order chi connectivity index (χ0) is 18.7. The molecule has 0 radical (unpaired) electrons. The van der Waals surface area contributed by atoms with Gasteiger partial charge in [0.15, 0.2) is 0 Å². The van der Waals surface area contributed by atoms with Crippen molar-refractivity contribution in [2.75, 3.05) is 7.11 Å². The van der Waals surface area contributed by atoms with E-state index in [2.05, 4.69) is 10.7 Å². The smallest absolute Gasteiger partial charge is 0.344 e. The Morgan fingerprint density at radius 1 is 1.12 bits per heavy atom. The molecule has 2 aromatic rings. The monoisotopic (exact) mass is 353 g/mol. The van der Waals surface area contributed by atoms with E-state index in [-0.39, 0.29) is 0 Å². The number of nitrogens with zero attached hydrogens (tertiary/aromatic N) is 1. The van der Waals surface area contributed by atoms with Crippen molar-refractivity contribution in [2.24, 2.45) is 0 Å². The summed E-state index contributed by atoms with van der Waals surface area (Å²) < 4.78 is 5.02. The fourth-order valence-corrected chi connectivity index (χ4v) is 2.79. The maximum Gasteiger partial charge on any atom is 0.344 e. The van der Waals surface area contributed by atoms with E-state index in [1.54, 1.807) is 62.6 Å². The van der Waals surface area contributed by atoms with Crippen LogP contribution in [-0.2, 0) is 21.7 Å². The largest absolute Gasteiger partial charge is 0.380 e. The van der Waals surface area contributed by atoms with Crippen LogP contribution in [0.5, 0.6) is 0 Å². The number of amides is 4. The lowest BCUT2D eigenvalue weighted by Gasteiger charge is -2.22. The number of carbonyl (C=O) groups excluding carboxylic acids is 3. The fraction of sp³-hybridized carbons (Fsp3) is 0.211. The molecule has 1 unspecified atom stereocenters. The van der Waals surface area contributed by atoms with Gasteiger partial charge in [-0.3, -0.25) is 15.0 Å². The predicted octanol–water partition coefficient (Wildman–Crippen LogP) is 1.94. The quantitative estimate of drug-likeness (QED) is 0.804. The molecule has 7 nitrogen and oxygen atoms in total. The summed E-state index contributed by atoms with van der Waals surface area (Å²) in [5, 5.41) is 3.36. The van der Waals surface area contributed by atoms with Crippen molar-refractivity contribution < 1.29 is 19.1 Å². The number of ether oxygens (including phenoxy) is 1. The Morgan fingerprint density at radius 3 is 2.38 bits per heavy atom. The molecular weight excluding hydrogens is 334 g/mol. The van der Waals surface area contributed by atoms with Crippen LogP contribution in [0.2, 0.25) is 0 Å². The number of urea groups is 1. The minimum absolute atomic E-state index is 0.332. The van der Waals surface area contributed by atoms with Gasteiger partial charge in [0.2, 0.25) is 0 Å². The molecule has 1 atom stereocenters. The van der Waals surface area contributed by atoms with E-state index in [1.807, 2.05) is 6.07 Å². The van der Waals surface area contributed by atoms with Gasteiger partial charge in [0, 0.05) is 12.7 Å². The Hall–Kier alpha value is -3.19. The topological polar surface area (TPSA) is 87.7 Å². The standard InChI is InChI=1S/C19H19N3O4/c1-19(15-6-4-3-5-7-15)17(24)22(18(25)20-19)21-16(23)14-10-8-13(9-11-14)12-26-2/h3-11H,12H2,1-2H3,(H,20,25)(H,21,23). The van der Waals surface area contributed by atoms with Gasteiger partial charge in [-0.05, 0) is 30.2 Å². The van der Waals surface area contributed by atoms with Crippen molar-refractivity contribution >= 4 is 17.8 Å². The molecule has 0 spiro atoms. The van der Waals surface area contributed by atoms with E-state index in [0.29, 0.717) is 17.7 Å². The van der Waals surface area contributed by atoms with Crippen LogP contribution >= 0.6 is 0 Å². The van der Waals surface area contributed by atoms with Crippen molar-refractivity contribution in [2.45, 2.75) is 19.1 Å². The summed E-state index contributed by atoms with van der Waals surface area (Å²) in [6.07, 6.45) is 0. The molecule has 1 aliphatic rings. The molecule has 26 heavy (non-hydrogen) atoms. The van der Waals surface area contributed by atoms with Gasteiger partial charge in [0.25, 0.3) is 11.8 Å². The molecule has 1 saturated heterocycles. The van der Waals surface area contributed by atoms with Crippen LogP contribution in [0.4, 0.5) is 4.79 Å². The number of hydrazine groups is 1. The number of hydrogen-bond donors (Lipinski definition) is 2. The van der Waals surface area contributed by atoms with E-state index in [9.17, 15) is 14.4 Å². The Bertz CT molecular complexity index is 836. The zero-order valence-electron chi connectivity index (χ0n) is 14.5. The van der Waals surface area contributed by atoms with Crippen molar-refractivity contribution in [3.05, 3.63) is 71.3 Å². The molecule has 0 aromatic heterocycles. The maximum absolute atomic E-state index is 12.8. The lowest BCUT2D eigenvalue weighted by Crippen LogP contribution is -2.47. The molecular formula is C19H19N3O4. The predicted molar refractivity (Wildman–Crippen MR) is 93.8 cm³/mol. The van der Waals surface area contributed by atoms with Crippen molar-refractivity contribution in [1.82, 2.24) is 15.8 Å². The van der Waals surface area contributed by atoms with Crippen molar-refractivity contribution in [3.63, 3.8) is 0 Å². The highest BCUT2D eigenvalue weighted by atomic mass is 16.5. The number of rotatable bonds is 5. The van der Waals surface area contributed by atoms with Gasteiger partial charge in [0.1, 0.15) is 5.54 Å². The minimum atomic E-state index is -1.23. The van der Waals surface area contributed by atoms with Crippen LogP contribution in [0.3, 0.4) is 0 Å². The Kier molecular flexibility index (Phi) is 4.73. The van der Waals surface area contributed by atoms with Gasteiger partial charge >= 0.3 is 6.03 Å². The van der Waals surface area contributed by atoms with Gasteiger partial charge in [-0.15, -0.1) is 0 Å². The van der Waals surface area contributed by atoms with Gasteiger partial charge in [-0.1, -0.05) is 42.5 Å². The molecule has 4 amide bonds. The lowest BCUT2D eigenvalue weighted by molar-refractivity contribution is -0.132. The second-order valence-electron chi connectivity index (χ2n) is 6.13. The third kappa shape index (κ3) is 3.16. The molecule has 7 heteroatoms. The molecule has 134 valence electrons. The van der Waals surface area contributed by atoms with Gasteiger partial charge in [0.05, 0.1) is 6.61 Å². The Morgan fingerprint density at radius 2 is 1.77 bits per heavy atom. The normalized spacial score (nSPS) is 19.4. The van der Waals surface area contributed by atoms with Crippen LogP contribution in [0.15, 0.2) is 54.6 Å². The minimum Gasteiger partial charge on any atom is -0.380 e. The second-order valence-corrected chi connectivity index (χ2v) is 6.13. The number of hydrogen-bond acceptors (Lipinski definition) is 4. The van der Waals surface area contributed by atoms with Crippen molar-refractivity contribution in [1.29, 1.82) is 0 Å². The Labute approximate surface area is 150 Å². The molecule has 1 heterocycles. The molecule has 0 aliphatic carbocycles. The average Bonchev–Trinajstić information content (AvgIpc) is 2.87. The van der Waals surface area contributed by atoms with Crippen LogP contribution in [0.1, 0.15) is 28.4 Å². The summed E-state index contributed by atoms with van der Waals surface area (Å²) in [6, 6.07) is 14.9. The summed E-state index contributed by atoms with van der Waals surface area (Å²) in [7, 11) is 1.59. The van der Waals surface area contributed by atoms with E-state index in [0.717, 1.165) is 10.6 Å². The first-order chi connectivity index (χ1) is 12.5. The molecule has 1 fully saturated rings.